The lowest BCUT2D eigenvalue weighted by molar-refractivity contribution is -0.157. The summed E-state index contributed by atoms with van der Waals surface area (Å²) >= 11 is 0. The Morgan fingerprint density at radius 1 is 0.714 bits per heavy atom. The zero-order valence-corrected chi connectivity index (χ0v) is 12.4. The van der Waals surface area contributed by atoms with Gasteiger partial charge in [0.2, 0.25) is 0 Å². The Morgan fingerprint density at radius 3 is 1.48 bits per heavy atom. The molecule has 0 aromatic heterocycles. The van der Waals surface area contributed by atoms with Crippen LogP contribution in [0.4, 0.5) is 0 Å². The van der Waals surface area contributed by atoms with Crippen molar-refractivity contribution < 1.29 is 9.53 Å². The van der Waals surface area contributed by atoms with Crippen molar-refractivity contribution in [3.63, 3.8) is 0 Å². The fraction of sp³-hybridized carbons (Fsp3) is 0.316. The minimum absolute atomic E-state index is 0.109. The maximum absolute atomic E-state index is 12.6. The standard InChI is InChI=1S/C19H20O2/c1-13-17(20)14(2)19(16-11-7-4-8-12-16)21-18(13)15-9-5-3-6-10-15/h3-14,18-19H,1-2H3/t13-,14+,18-,19-/m0/s1. The van der Waals surface area contributed by atoms with Crippen LogP contribution < -0.4 is 0 Å². The largest absolute Gasteiger partial charge is 0.364 e. The Hall–Kier alpha value is -1.93. The predicted octanol–water partition coefficient (Wildman–Crippen LogP) is 4.34. The van der Waals surface area contributed by atoms with Crippen LogP contribution in [0.25, 0.3) is 0 Å². The highest BCUT2D eigenvalue weighted by atomic mass is 16.5. The van der Waals surface area contributed by atoms with Gasteiger partial charge in [-0.2, -0.15) is 0 Å². The van der Waals surface area contributed by atoms with Gasteiger partial charge in [-0.1, -0.05) is 74.5 Å². The minimum atomic E-state index is -0.167. The molecular weight excluding hydrogens is 260 g/mol. The summed E-state index contributed by atoms with van der Waals surface area (Å²) in [5.41, 5.74) is 2.15. The smallest absolute Gasteiger partial charge is 0.144 e. The van der Waals surface area contributed by atoms with Crippen molar-refractivity contribution in [2.24, 2.45) is 11.8 Å². The molecule has 1 fully saturated rings. The van der Waals surface area contributed by atoms with E-state index < -0.39 is 0 Å². The molecule has 0 radical (unpaired) electrons. The van der Waals surface area contributed by atoms with Crippen molar-refractivity contribution in [3.05, 3.63) is 71.8 Å². The van der Waals surface area contributed by atoms with E-state index in [0.717, 1.165) is 11.1 Å². The topological polar surface area (TPSA) is 26.3 Å². The van der Waals surface area contributed by atoms with E-state index in [9.17, 15) is 4.79 Å². The Morgan fingerprint density at radius 2 is 1.10 bits per heavy atom. The first-order valence-corrected chi connectivity index (χ1v) is 7.47. The average molecular weight is 280 g/mol. The molecule has 2 aromatic rings. The summed E-state index contributed by atoms with van der Waals surface area (Å²) in [4.78, 5) is 12.6. The summed E-state index contributed by atoms with van der Waals surface area (Å²) in [5.74, 6) is 0.0636. The summed E-state index contributed by atoms with van der Waals surface area (Å²) in [6.07, 6.45) is -0.333. The van der Waals surface area contributed by atoms with Crippen molar-refractivity contribution >= 4 is 5.78 Å². The van der Waals surface area contributed by atoms with E-state index in [1.54, 1.807) is 0 Å². The second-order valence-electron chi connectivity index (χ2n) is 5.78. The zero-order chi connectivity index (χ0) is 14.8. The number of ketones is 1. The van der Waals surface area contributed by atoms with Crippen LogP contribution >= 0.6 is 0 Å². The van der Waals surface area contributed by atoms with E-state index in [-0.39, 0.29) is 29.8 Å². The molecule has 2 heteroatoms. The van der Waals surface area contributed by atoms with Crippen molar-refractivity contribution in [1.29, 1.82) is 0 Å². The third kappa shape index (κ3) is 2.64. The number of hydrogen-bond donors (Lipinski definition) is 0. The Labute approximate surface area is 125 Å². The molecule has 1 heterocycles. The summed E-state index contributed by atoms with van der Waals surface area (Å²) in [5, 5.41) is 0. The van der Waals surface area contributed by atoms with Gasteiger partial charge in [-0.25, -0.2) is 0 Å². The number of ether oxygens (including phenoxy) is 1. The van der Waals surface area contributed by atoms with Gasteiger partial charge in [0.15, 0.2) is 0 Å². The zero-order valence-electron chi connectivity index (χ0n) is 12.4. The summed E-state index contributed by atoms with van der Waals surface area (Å²) in [6, 6.07) is 20.1. The quantitative estimate of drug-likeness (QED) is 0.818. The molecule has 0 spiro atoms. The SMILES string of the molecule is C[C@@H]1C(=O)[C@H](C)[C@@H](c2ccccc2)O[C@@H]1c1ccccc1. The highest BCUT2D eigenvalue weighted by molar-refractivity contribution is 5.85. The molecule has 2 nitrogen and oxygen atoms in total. The summed E-state index contributed by atoms with van der Waals surface area (Å²) < 4.78 is 6.33. The first-order chi connectivity index (χ1) is 10.2. The number of Topliss-reactive ketones (excluding diaryl/α,β-unsaturated/α-hetero) is 1. The third-order valence-corrected chi connectivity index (χ3v) is 4.36. The van der Waals surface area contributed by atoms with Crippen LogP contribution in [0.15, 0.2) is 60.7 Å². The molecule has 1 saturated heterocycles. The molecule has 3 rings (SSSR count). The molecule has 4 atom stereocenters. The Bertz CT molecular complexity index is 552. The molecule has 0 bridgehead atoms. The van der Waals surface area contributed by atoms with E-state index in [2.05, 4.69) is 0 Å². The van der Waals surface area contributed by atoms with Crippen LogP contribution in [-0.2, 0) is 9.53 Å². The molecule has 108 valence electrons. The fourth-order valence-corrected chi connectivity index (χ4v) is 3.13. The van der Waals surface area contributed by atoms with Gasteiger partial charge in [0, 0.05) is 11.8 Å². The number of carbonyl (C=O) groups is 1. The molecule has 0 saturated carbocycles. The Kier molecular flexibility index (Phi) is 3.89. The van der Waals surface area contributed by atoms with Gasteiger partial charge >= 0.3 is 0 Å². The second-order valence-corrected chi connectivity index (χ2v) is 5.78. The fourth-order valence-electron chi connectivity index (χ4n) is 3.13. The Balaban J connectivity index is 1.95. The van der Waals surface area contributed by atoms with Crippen LogP contribution in [0.2, 0.25) is 0 Å². The number of rotatable bonds is 2. The minimum Gasteiger partial charge on any atom is -0.364 e. The van der Waals surface area contributed by atoms with Crippen molar-refractivity contribution in [2.75, 3.05) is 0 Å². The van der Waals surface area contributed by atoms with Crippen LogP contribution in [0.1, 0.15) is 37.2 Å². The lowest BCUT2D eigenvalue weighted by atomic mass is 9.80. The lowest BCUT2D eigenvalue weighted by Crippen LogP contribution is -2.37. The molecular formula is C19H20O2. The first kappa shape index (κ1) is 14.0. The maximum Gasteiger partial charge on any atom is 0.144 e. The molecule has 1 aliphatic heterocycles. The number of carbonyl (C=O) groups excluding carboxylic acids is 1. The van der Waals surface area contributed by atoms with Gasteiger partial charge in [-0.3, -0.25) is 4.79 Å². The monoisotopic (exact) mass is 280 g/mol. The van der Waals surface area contributed by atoms with Gasteiger partial charge in [0.25, 0.3) is 0 Å². The average Bonchev–Trinajstić information content (AvgIpc) is 2.55. The van der Waals surface area contributed by atoms with E-state index in [1.165, 1.54) is 0 Å². The normalized spacial score (nSPS) is 29.3. The van der Waals surface area contributed by atoms with E-state index in [1.807, 2.05) is 74.5 Å². The van der Waals surface area contributed by atoms with Crippen LogP contribution in [0.5, 0.6) is 0 Å². The van der Waals surface area contributed by atoms with Crippen LogP contribution in [-0.4, -0.2) is 5.78 Å². The van der Waals surface area contributed by atoms with Crippen molar-refractivity contribution in [3.8, 4) is 0 Å². The van der Waals surface area contributed by atoms with Gasteiger partial charge in [0.1, 0.15) is 5.78 Å². The van der Waals surface area contributed by atoms with E-state index in [4.69, 9.17) is 4.74 Å². The van der Waals surface area contributed by atoms with Crippen LogP contribution in [0, 0.1) is 11.8 Å². The number of hydrogen-bond acceptors (Lipinski definition) is 2. The molecule has 0 aliphatic carbocycles. The van der Waals surface area contributed by atoms with Gasteiger partial charge in [-0.15, -0.1) is 0 Å². The highest BCUT2D eigenvalue weighted by Gasteiger charge is 2.41. The summed E-state index contributed by atoms with van der Waals surface area (Å²) in [6.45, 7) is 3.94. The maximum atomic E-state index is 12.6. The third-order valence-electron chi connectivity index (χ3n) is 4.36. The van der Waals surface area contributed by atoms with Crippen molar-refractivity contribution in [2.45, 2.75) is 26.1 Å². The summed E-state index contributed by atoms with van der Waals surface area (Å²) in [7, 11) is 0. The first-order valence-electron chi connectivity index (χ1n) is 7.47. The molecule has 21 heavy (non-hydrogen) atoms. The molecule has 0 amide bonds. The highest BCUT2D eigenvalue weighted by Crippen LogP contribution is 2.43. The van der Waals surface area contributed by atoms with E-state index in [0.29, 0.717) is 0 Å². The van der Waals surface area contributed by atoms with Crippen molar-refractivity contribution in [1.82, 2.24) is 0 Å². The lowest BCUT2D eigenvalue weighted by Gasteiger charge is -2.38. The van der Waals surface area contributed by atoms with Gasteiger partial charge < -0.3 is 4.74 Å². The molecule has 0 N–H and O–H groups in total. The molecule has 2 aromatic carbocycles. The molecule has 0 unspecified atom stereocenters. The second kappa shape index (κ2) is 5.82. The van der Waals surface area contributed by atoms with E-state index >= 15 is 0 Å². The van der Waals surface area contributed by atoms with Gasteiger partial charge in [0.05, 0.1) is 12.2 Å². The predicted molar refractivity (Wildman–Crippen MR) is 82.8 cm³/mol. The number of benzene rings is 2. The molecule has 1 aliphatic rings. The van der Waals surface area contributed by atoms with Gasteiger partial charge in [-0.05, 0) is 11.1 Å². The van der Waals surface area contributed by atoms with Crippen LogP contribution in [0.3, 0.4) is 0 Å².